The van der Waals surface area contributed by atoms with Gasteiger partial charge in [0.1, 0.15) is 0 Å². The van der Waals surface area contributed by atoms with Gasteiger partial charge in [-0.3, -0.25) is 0 Å². The smallest absolute Gasteiger partial charge is 0.231 e. The number of rotatable bonds is 4. The van der Waals surface area contributed by atoms with Crippen molar-refractivity contribution < 1.29 is 4.52 Å². The molecule has 1 aromatic rings. The first-order valence-electron chi connectivity index (χ1n) is 6.00. The van der Waals surface area contributed by atoms with Crippen molar-refractivity contribution in [1.82, 2.24) is 20.8 Å². The van der Waals surface area contributed by atoms with Crippen LogP contribution in [0, 0.1) is 0 Å². The number of hydrogen-bond acceptors (Lipinski definition) is 5. The van der Waals surface area contributed by atoms with Gasteiger partial charge in [0.15, 0.2) is 5.82 Å². The fourth-order valence-electron chi connectivity index (χ4n) is 1.95. The molecule has 0 aromatic carbocycles. The summed E-state index contributed by atoms with van der Waals surface area (Å²) in [6.45, 7) is 4.18. The number of likely N-dealkylation sites (N-methyl/N-ethyl adjacent to an activating group) is 1. The lowest BCUT2D eigenvalue weighted by Gasteiger charge is -2.18. The van der Waals surface area contributed by atoms with Gasteiger partial charge in [0, 0.05) is 19.0 Å². The second-order valence-electron chi connectivity index (χ2n) is 4.49. The average molecular weight is 224 g/mol. The quantitative estimate of drug-likeness (QED) is 0.787. The van der Waals surface area contributed by atoms with E-state index in [9.17, 15) is 0 Å². The Hall–Kier alpha value is -0.940. The summed E-state index contributed by atoms with van der Waals surface area (Å²) >= 11 is 0. The van der Waals surface area contributed by atoms with Gasteiger partial charge < -0.3 is 15.2 Å². The molecule has 0 radical (unpaired) electrons. The van der Waals surface area contributed by atoms with Gasteiger partial charge in [-0.2, -0.15) is 4.98 Å². The van der Waals surface area contributed by atoms with Gasteiger partial charge in [0.25, 0.3) is 0 Å². The lowest BCUT2D eigenvalue weighted by molar-refractivity contribution is 0.319. The number of hydrogen-bond donors (Lipinski definition) is 2. The van der Waals surface area contributed by atoms with E-state index < -0.39 is 0 Å². The molecule has 1 aromatic heterocycles. The molecule has 0 bridgehead atoms. The molecule has 2 N–H and O–H groups in total. The Bertz CT molecular complexity index is 320. The van der Waals surface area contributed by atoms with Crippen molar-refractivity contribution in [3.8, 4) is 0 Å². The second kappa shape index (κ2) is 5.41. The van der Waals surface area contributed by atoms with E-state index in [1.54, 1.807) is 0 Å². The summed E-state index contributed by atoms with van der Waals surface area (Å²) in [6.07, 6.45) is 3.16. The summed E-state index contributed by atoms with van der Waals surface area (Å²) in [5, 5.41) is 10.5. The highest BCUT2D eigenvalue weighted by atomic mass is 16.5. The first-order valence-corrected chi connectivity index (χ1v) is 6.00. The molecule has 16 heavy (non-hydrogen) atoms. The monoisotopic (exact) mass is 224 g/mol. The van der Waals surface area contributed by atoms with Crippen LogP contribution in [0.15, 0.2) is 4.52 Å². The van der Waals surface area contributed by atoms with E-state index >= 15 is 0 Å². The van der Waals surface area contributed by atoms with E-state index in [1.165, 1.54) is 6.42 Å². The summed E-state index contributed by atoms with van der Waals surface area (Å²) in [5.41, 5.74) is 0. The maximum Gasteiger partial charge on any atom is 0.231 e. The van der Waals surface area contributed by atoms with Crippen molar-refractivity contribution in [3.05, 3.63) is 11.7 Å². The highest BCUT2D eigenvalue weighted by Crippen LogP contribution is 2.21. The van der Waals surface area contributed by atoms with Crippen LogP contribution in [0.4, 0.5) is 0 Å². The van der Waals surface area contributed by atoms with Crippen LogP contribution in [-0.4, -0.2) is 36.3 Å². The molecule has 2 heterocycles. The molecule has 1 aliphatic rings. The number of piperidine rings is 1. The molecule has 0 aliphatic carbocycles. The molecule has 1 aliphatic heterocycles. The summed E-state index contributed by atoms with van der Waals surface area (Å²) in [7, 11) is 1.94. The van der Waals surface area contributed by atoms with Gasteiger partial charge in [0.05, 0.1) is 5.92 Å². The van der Waals surface area contributed by atoms with Crippen LogP contribution in [0.1, 0.15) is 37.4 Å². The molecular weight excluding hydrogens is 204 g/mol. The van der Waals surface area contributed by atoms with Gasteiger partial charge in [-0.05, 0) is 33.4 Å². The summed E-state index contributed by atoms with van der Waals surface area (Å²) in [4.78, 5) is 4.46. The second-order valence-corrected chi connectivity index (χ2v) is 4.49. The summed E-state index contributed by atoms with van der Waals surface area (Å²) in [6, 6.07) is 0.384. The predicted molar refractivity (Wildman–Crippen MR) is 61.4 cm³/mol. The molecule has 0 amide bonds. The summed E-state index contributed by atoms with van der Waals surface area (Å²) < 4.78 is 5.32. The standard InChI is InChI=1S/C11H20N4O/c1-8(12-2)6-10-14-11(16-15-10)9-4-3-5-13-7-9/h8-9,12-13H,3-7H2,1-2H3. The Morgan fingerprint density at radius 3 is 3.19 bits per heavy atom. The molecular formula is C11H20N4O. The highest BCUT2D eigenvalue weighted by molar-refractivity contribution is 4.97. The largest absolute Gasteiger partial charge is 0.339 e. The third-order valence-corrected chi connectivity index (χ3v) is 3.11. The minimum absolute atomic E-state index is 0.384. The topological polar surface area (TPSA) is 63.0 Å². The van der Waals surface area contributed by atoms with Crippen LogP contribution in [0.5, 0.6) is 0 Å². The molecule has 0 saturated carbocycles. The van der Waals surface area contributed by atoms with Crippen molar-refractivity contribution in [1.29, 1.82) is 0 Å². The predicted octanol–water partition coefficient (Wildman–Crippen LogP) is 0.687. The Balaban J connectivity index is 1.95. The van der Waals surface area contributed by atoms with Crippen LogP contribution >= 0.6 is 0 Å². The van der Waals surface area contributed by atoms with Crippen LogP contribution in [0.2, 0.25) is 0 Å². The molecule has 0 spiro atoms. The Labute approximate surface area is 96.0 Å². The molecule has 1 saturated heterocycles. The van der Waals surface area contributed by atoms with Crippen LogP contribution in [0.25, 0.3) is 0 Å². The first-order chi connectivity index (χ1) is 7.79. The van der Waals surface area contributed by atoms with Gasteiger partial charge in [-0.15, -0.1) is 0 Å². The van der Waals surface area contributed by atoms with Gasteiger partial charge in [-0.1, -0.05) is 5.16 Å². The van der Waals surface area contributed by atoms with Crippen molar-refractivity contribution in [2.75, 3.05) is 20.1 Å². The average Bonchev–Trinajstić information content (AvgIpc) is 2.78. The highest BCUT2D eigenvalue weighted by Gasteiger charge is 2.21. The minimum atomic E-state index is 0.384. The molecule has 2 rings (SSSR count). The third-order valence-electron chi connectivity index (χ3n) is 3.11. The normalized spacial score (nSPS) is 23.2. The molecule has 1 fully saturated rings. The van der Waals surface area contributed by atoms with Crippen molar-refractivity contribution in [2.24, 2.45) is 0 Å². The van der Waals surface area contributed by atoms with E-state index in [4.69, 9.17) is 4.52 Å². The van der Waals surface area contributed by atoms with Gasteiger partial charge in [-0.25, -0.2) is 0 Å². The Morgan fingerprint density at radius 1 is 1.62 bits per heavy atom. The maximum atomic E-state index is 5.32. The van der Waals surface area contributed by atoms with Crippen molar-refractivity contribution in [3.63, 3.8) is 0 Å². The zero-order valence-corrected chi connectivity index (χ0v) is 9.99. The number of nitrogens with one attached hydrogen (secondary N) is 2. The van der Waals surface area contributed by atoms with Crippen LogP contribution in [0.3, 0.4) is 0 Å². The fraction of sp³-hybridized carbons (Fsp3) is 0.818. The fourth-order valence-corrected chi connectivity index (χ4v) is 1.95. The SMILES string of the molecule is CNC(C)Cc1noc(C2CCCNC2)n1. The summed E-state index contributed by atoms with van der Waals surface area (Å²) in [5.74, 6) is 2.01. The zero-order valence-electron chi connectivity index (χ0n) is 9.99. The Morgan fingerprint density at radius 2 is 2.50 bits per heavy atom. The lowest BCUT2D eigenvalue weighted by atomic mass is 10.00. The Kier molecular flexibility index (Phi) is 3.90. The lowest BCUT2D eigenvalue weighted by Crippen LogP contribution is -2.28. The van der Waals surface area contributed by atoms with Gasteiger partial charge in [0.2, 0.25) is 5.89 Å². The van der Waals surface area contributed by atoms with E-state index in [1.807, 2.05) is 7.05 Å². The first kappa shape index (κ1) is 11.5. The number of aromatic nitrogens is 2. The molecule has 5 nitrogen and oxygen atoms in total. The van der Waals surface area contributed by atoms with Crippen molar-refractivity contribution >= 4 is 0 Å². The van der Waals surface area contributed by atoms with Crippen LogP contribution < -0.4 is 10.6 Å². The van der Waals surface area contributed by atoms with E-state index in [0.29, 0.717) is 12.0 Å². The van der Waals surface area contributed by atoms with Gasteiger partial charge >= 0.3 is 0 Å². The minimum Gasteiger partial charge on any atom is -0.339 e. The molecule has 2 atom stereocenters. The molecule has 90 valence electrons. The van der Waals surface area contributed by atoms with Crippen molar-refractivity contribution in [2.45, 2.75) is 38.1 Å². The molecule has 5 heteroatoms. The zero-order chi connectivity index (χ0) is 11.4. The third kappa shape index (κ3) is 2.80. The number of nitrogens with zero attached hydrogens (tertiary/aromatic N) is 2. The maximum absolute atomic E-state index is 5.32. The van der Waals surface area contributed by atoms with E-state index in [2.05, 4.69) is 27.7 Å². The van der Waals surface area contributed by atoms with E-state index in [-0.39, 0.29) is 0 Å². The van der Waals surface area contributed by atoms with E-state index in [0.717, 1.165) is 37.6 Å². The molecule has 2 unspecified atom stereocenters. The van der Waals surface area contributed by atoms with Crippen LogP contribution in [-0.2, 0) is 6.42 Å².